The number of rotatable bonds is 8. The summed E-state index contributed by atoms with van der Waals surface area (Å²) in [5.74, 6) is 0. The van der Waals surface area contributed by atoms with E-state index < -0.39 is 0 Å². The second-order valence-electron chi connectivity index (χ2n) is 5.37. The average molecular weight is 274 g/mol. The lowest BCUT2D eigenvalue weighted by Crippen LogP contribution is -2.19. The molecule has 4 nitrogen and oxygen atoms in total. The van der Waals surface area contributed by atoms with Gasteiger partial charge in [0.1, 0.15) is 0 Å². The molecule has 0 aromatic carbocycles. The van der Waals surface area contributed by atoms with Crippen molar-refractivity contribution in [1.29, 1.82) is 0 Å². The summed E-state index contributed by atoms with van der Waals surface area (Å²) in [5, 5.41) is 8.00. The van der Waals surface area contributed by atoms with Crippen LogP contribution in [0.25, 0.3) is 0 Å². The molecule has 20 heavy (non-hydrogen) atoms. The highest BCUT2D eigenvalue weighted by Crippen LogP contribution is 2.04. The molecule has 4 heteroatoms. The van der Waals surface area contributed by atoms with E-state index in [1.54, 1.807) is 0 Å². The summed E-state index contributed by atoms with van der Waals surface area (Å²) in [7, 11) is 0. The van der Waals surface area contributed by atoms with Gasteiger partial charge < -0.3 is 9.88 Å². The van der Waals surface area contributed by atoms with E-state index >= 15 is 0 Å². The predicted molar refractivity (Wildman–Crippen MR) is 82.7 cm³/mol. The maximum Gasteiger partial charge on any atom is 0.0596 e. The molecule has 0 unspecified atom stereocenters. The SMILES string of the molecule is CCCn1cccc1CNCCCn1nc(C)cc1C. The van der Waals surface area contributed by atoms with Crippen LogP contribution in [0.1, 0.15) is 36.8 Å². The molecule has 0 aliphatic rings. The fourth-order valence-corrected chi connectivity index (χ4v) is 2.54. The first-order valence-corrected chi connectivity index (χ1v) is 7.56. The number of nitrogens with zero attached hydrogens (tertiary/aromatic N) is 3. The van der Waals surface area contributed by atoms with Gasteiger partial charge in [0.2, 0.25) is 0 Å². The molecule has 0 bridgehead atoms. The third kappa shape index (κ3) is 3.97. The molecule has 2 heterocycles. The van der Waals surface area contributed by atoms with Crippen molar-refractivity contribution in [2.24, 2.45) is 0 Å². The van der Waals surface area contributed by atoms with Crippen molar-refractivity contribution in [3.05, 3.63) is 41.5 Å². The van der Waals surface area contributed by atoms with Crippen molar-refractivity contribution in [2.45, 2.75) is 53.2 Å². The molecule has 2 aromatic rings. The van der Waals surface area contributed by atoms with Gasteiger partial charge in [-0.25, -0.2) is 0 Å². The van der Waals surface area contributed by atoms with Crippen LogP contribution in [0.4, 0.5) is 0 Å². The van der Waals surface area contributed by atoms with Crippen molar-refractivity contribution in [1.82, 2.24) is 19.7 Å². The van der Waals surface area contributed by atoms with Crippen LogP contribution in [0.5, 0.6) is 0 Å². The summed E-state index contributed by atoms with van der Waals surface area (Å²) < 4.78 is 4.42. The van der Waals surface area contributed by atoms with E-state index in [1.807, 2.05) is 6.92 Å². The molecule has 1 N–H and O–H groups in total. The van der Waals surface area contributed by atoms with Gasteiger partial charge in [0.15, 0.2) is 0 Å². The molecule has 0 atom stereocenters. The molecule has 0 amide bonds. The Balaban J connectivity index is 1.69. The van der Waals surface area contributed by atoms with Gasteiger partial charge in [-0.05, 0) is 51.4 Å². The van der Waals surface area contributed by atoms with Crippen molar-refractivity contribution >= 4 is 0 Å². The molecular formula is C16H26N4. The molecule has 0 aliphatic heterocycles. The normalized spacial score (nSPS) is 11.2. The number of hydrogen-bond donors (Lipinski definition) is 1. The standard InChI is InChI=1S/C16H26N4/c1-4-9-19-10-5-7-16(19)13-17-8-6-11-20-15(3)12-14(2)18-20/h5,7,10,12,17H,4,6,8-9,11,13H2,1-3H3. The number of nitrogens with one attached hydrogen (secondary N) is 1. The first-order valence-electron chi connectivity index (χ1n) is 7.56. The predicted octanol–water partition coefficient (Wildman–Crippen LogP) is 2.89. The van der Waals surface area contributed by atoms with Crippen molar-refractivity contribution in [2.75, 3.05) is 6.54 Å². The van der Waals surface area contributed by atoms with E-state index in [2.05, 4.69) is 57.9 Å². The smallest absolute Gasteiger partial charge is 0.0596 e. The van der Waals surface area contributed by atoms with Gasteiger partial charge in [0.25, 0.3) is 0 Å². The van der Waals surface area contributed by atoms with Crippen LogP contribution < -0.4 is 5.32 Å². The second kappa shape index (κ2) is 7.29. The maximum atomic E-state index is 4.48. The highest BCUT2D eigenvalue weighted by molar-refractivity contribution is 5.07. The fraction of sp³-hybridized carbons (Fsp3) is 0.562. The van der Waals surface area contributed by atoms with E-state index in [9.17, 15) is 0 Å². The highest BCUT2D eigenvalue weighted by Gasteiger charge is 2.01. The minimum Gasteiger partial charge on any atom is -0.350 e. The lowest BCUT2D eigenvalue weighted by Gasteiger charge is -2.09. The molecule has 0 spiro atoms. The Hall–Kier alpha value is -1.55. The van der Waals surface area contributed by atoms with Gasteiger partial charge in [-0.2, -0.15) is 5.10 Å². The summed E-state index contributed by atoms with van der Waals surface area (Å²) in [6.45, 7) is 10.4. The van der Waals surface area contributed by atoms with Gasteiger partial charge in [0, 0.05) is 37.2 Å². The number of aryl methyl sites for hydroxylation is 4. The zero-order chi connectivity index (χ0) is 14.4. The second-order valence-corrected chi connectivity index (χ2v) is 5.37. The average Bonchev–Trinajstić information content (AvgIpc) is 2.97. The fourth-order valence-electron chi connectivity index (χ4n) is 2.54. The van der Waals surface area contributed by atoms with Crippen molar-refractivity contribution in [3.63, 3.8) is 0 Å². The molecule has 0 saturated heterocycles. The third-order valence-corrected chi connectivity index (χ3v) is 3.52. The van der Waals surface area contributed by atoms with Gasteiger partial charge in [-0.3, -0.25) is 4.68 Å². The third-order valence-electron chi connectivity index (χ3n) is 3.52. The molecule has 0 saturated carbocycles. The zero-order valence-electron chi connectivity index (χ0n) is 12.9. The van der Waals surface area contributed by atoms with E-state index in [0.717, 1.165) is 38.3 Å². The Labute approximate surface area is 121 Å². The van der Waals surface area contributed by atoms with Crippen LogP contribution in [-0.4, -0.2) is 20.9 Å². The molecule has 0 aliphatic carbocycles. The van der Waals surface area contributed by atoms with Crippen LogP contribution >= 0.6 is 0 Å². The largest absolute Gasteiger partial charge is 0.350 e. The molecule has 0 radical (unpaired) electrons. The Morgan fingerprint density at radius 1 is 1.25 bits per heavy atom. The Bertz CT molecular complexity index is 524. The van der Waals surface area contributed by atoms with Crippen molar-refractivity contribution in [3.8, 4) is 0 Å². The minimum absolute atomic E-state index is 0.949. The Kier molecular flexibility index (Phi) is 5.41. The first kappa shape index (κ1) is 14.9. The Morgan fingerprint density at radius 3 is 2.80 bits per heavy atom. The molecule has 2 rings (SSSR count). The quantitative estimate of drug-likeness (QED) is 0.751. The van der Waals surface area contributed by atoms with Gasteiger partial charge in [0.05, 0.1) is 5.69 Å². The van der Waals surface area contributed by atoms with E-state index in [0.29, 0.717) is 0 Å². The molecular weight excluding hydrogens is 248 g/mol. The van der Waals surface area contributed by atoms with Gasteiger partial charge >= 0.3 is 0 Å². The van der Waals surface area contributed by atoms with Crippen LogP contribution in [-0.2, 0) is 19.6 Å². The summed E-state index contributed by atoms with van der Waals surface area (Å²) >= 11 is 0. The van der Waals surface area contributed by atoms with Crippen LogP contribution in [0, 0.1) is 13.8 Å². The van der Waals surface area contributed by atoms with Crippen LogP contribution in [0.15, 0.2) is 24.4 Å². The highest BCUT2D eigenvalue weighted by atomic mass is 15.3. The lowest BCUT2D eigenvalue weighted by molar-refractivity contribution is 0.523. The summed E-state index contributed by atoms with van der Waals surface area (Å²) in [6, 6.07) is 6.46. The van der Waals surface area contributed by atoms with Gasteiger partial charge in [-0.15, -0.1) is 0 Å². The van der Waals surface area contributed by atoms with E-state index in [-0.39, 0.29) is 0 Å². The molecule has 110 valence electrons. The summed E-state index contributed by atoms with van der Waals surface area (Å²) in [5.41, 5.74) is 3.73. The minimum atomic E-state index is 0.949. The zero-order valence-corrected chi connectivity index (χ0v) is 12.9. The van der Waals surface area contributed by atoms with E-state index in [4.69, 9.17) is 0 Å². The summed E-state index contributed by atoms with van der Waals surface area (Å²) in [6.07, 6.45) is 4.45. The first-order chi connectivity index (χ1) is 9.70. The lowest BCUT2D eigenvalue weighted by atomic mass is 10.3. The van der Waals surface area contributed by atoms with E-state index in [1.165, 1.54) is 17.8 Å². The van der Waals surface area contributed by atoms with Crippen molar-refractivity contribution < 1.29 is 0 Å². The summed E-state index contributed by atoms with van der Waals surface area (Å²) in [4.78, 5) is 0. The monoisotopic (exact) mass is 274 g/mol. The number of hydrogen-bond acceptors (Lipinski definition) is 2. The van der Waals surface area contributed by atoms with Gasteiger partial charge in [-0.1, -0.05) is 6.92 Å². The molecule has 2 aromatic heterocycles. The number of aromatic nitrogens is 3. The van der Waals surface area contributed by atoms with Crippen LogP contribution in [0.2, 0.25) is 0 Å². The maximum absolute atomic E-state index is 4.48. The Morgan fingerprint density at radius 2 is 2.10 bits per heavy atom. The topological polar surface area (TPSA) is 34.8 Å². The molecule has 0 fully saturated rings. The van der Waals surface area contributed by atoms with Crippen LogP contribution in [0.3, 0.4) is 0 Å².